The fourth-order valence-corrected chi connectivity index (χ4v) is 3.48. The van der Waals surface area contributed by atoms with Crippen molar-refractivity contribution in [2.75, 3.05) is 6.54 Å². The van der Waals surface area contributed by atoms with E-state index >= 15 is 0 Å². The first kappa shape index (κ1) is 13.4. The van der Waals surface area contributed by atoms with Gasteiger partial charge in [-0.2, -0.15) is 0 Å². The molecule has 1 heterocycles. The number of halogens is 1. The molecule has 2 unspecified atom stereocenters. The van der Waals surface area contributed by atoms with Crippen LogP contribution in [0.25, 0.3) is 0 Å². The molecule has 1 saturated carbocycles. The van der Waals surface area contributed by atoms with Crippen molar-refractivity contribution >= 4 is 15.9 Å². The molecule has 104 valence electrons. The van der Waals surface area contributed by atoms with Crippen LogP contribution < -0.4 is 10.1 Å². The van der Waals surface area contributed by atoms with Crippen LogP contribution in [0.1, 0.15) is 51.1 Å². The minimum absolute atomic E-state index is 0.0131. The van der Waals surface area contributed by atoms with Gasteiger partial charge in [-0.25, -0.2) is 0 Å². The Morgan fingerprint density at radius 1 is 1.42 bits per heavy atom. The molecule has 3 rings (SSSR count). The van der Waals surface area contributed by atoms with Crippen LogP contribution >= 0.6 is 15.9 Å². The third-order valence-electron chi connectivity index (χ3n) is 4.39. The van der Waals surface area contributed by atoms with Crippen LogP contribution in [0.2, 0.25) is 0 Å². The van der Waals surface area contributed by atoms with Gasteiger partial charge >= 0.3 is 0 Å². The molecule has 1 aromatic carbocycles. The molecule has 2 atom stereocenters. The van der Waals surface area contributed by atoms with Crippen molar-refractivity contribution in [2.45, 2.75) is 51.2 Å². The van der Waals surface area contributed by atoms with Crippen molar-refractivity contribution in [1.29, 1.82) is 0 Å². The van der Waals surface area contributed by atoms with E-state index in [-0.39, 0.29) is 5.60 Å². The average Bonchev–Trinajstić information content (AvgIpc) is 3.19. The molecule has 3 heteroatoms. The van der Waals surface area contributed by atoms with Gasteiger partial charge in [0, 0.05) is 22.5 Å². The van der Waals surface area contributed by atoms with Gasteiger partial charge < -0.3 is 10.1 Å². The Balaban J connectivity index is 1.91. The van der Waals surface area contributed by atoms with Gasteiger partial charge in [0.1, 0.15) is 11.4 Å². The van der Waals surface area contributed by atoms with E-state index < -0.39 is 0 Å². The molecule has 2 aliphatic rings. The molecule has 0 bridgehead atoms. The van der Waals surface area contributed by atoms with Crippen LogP contribution in [0, 0.1) is 5.92 Å². The smallest absolute Gasteiger partial charge is 0.126 e. The zero-order valence-corrected chi connectivity index (χ0v) is 13.3. The summed E-state index contributed by atoms with van der Waals surface area (Å²) in [6, 6.07) is 6.86. The Hall–Kier alpha value is -0.540. The van der Waals surface area contributed by atoms with Crippen LogP contribution in [0.15, 0.2) is 22.7 Å². The van der Waals surface area contributed by atoms with Gasteiger partial charge in [-0.3, -0.25) is 0 Å². The first-order valence-electron chi connectivity index (χ1n) is 7.34. The van der Waals surface area contributed by atoms with E-state index in [2.05, 4.69) is 53.3 Å². The van der Waals surface area contributed by atoms with Gasteiger partial charge in [-0.1, -0.05) is 28.9 Å². The maximum absolute atomic E-state index is 6.36. The Morgan fingerprint density at radius 2 is 2.21 bits per heavy atom. The second-order valence-corrected chi connectivity index (χ2v) is 7.00. The van der Waals surface area contributed by atoms with Crippen LogP contribution in [0.5, 0.6) is 5.75 Å². The number of ether oxygens (including phenoxy) is 1. The molecule has 19 heavy (non-hydrogen) atoms. The number of fused-ring (bicyclic) bond motifs is 1. The summed E-state index contributed by atoms with van der Waals surface area (Å²) in [5.41, 5.74) is 1.33. The molecular formula is C16H22BrNO. The highest BCUT2D eigenvalue weighted by atomic mass is 79.9. The van der Waals surface area contributed by atoms with E-state index in [1.807, 2.05) is 0 Å². The van der Waals surface area contributed by atoms with Crippen LogP contribution in [0.4, 0.5) is 0 Å². The molecule has 0 spiro atoms. The minimum atomic E-state index is 0.0131. The van der Waals surface area contributed by atoms with Gasteiger partial charge in [-0.15, -0.1) is 0 Å². The zero-order valence-electron chi connectivity index (χ0n) is 11.7. The lowest BCUT2D eigenvalue weighted by molar-refractivity contribution is 0.0269. The summed E-state index contributed by atoms with van der Waals surface area (Å²) in [7, 11) is 0. The van der Waals surface area contributed by atoms with Gasteiger partial charge in [0.2, 0.25) is 0 Å². The van der Waals surface area contributed by atoms with Crippen molar-refractivity contribution in [3.05, 3.63) is 28.2 Å². The van der Waals surface area contributed by atoms with Crippen LogP contribution in [-0.4, -0.2) is 12.1 Å². The van der Waals surface area contributed by atoms with E-state index in [1.54, 1.807) is 0 Å². The first-order valence-corrected chi connectivity index (χ1v) is 8.13. The highest BCUT2D eigenvalue weighted by molar-refractivity contribution is 9.10. The quantitative estimate of drug-likeness (QED) is 0.884. The highest BCUT2D eigenvalue weighted by Gasteiger charge is 2.47. The predicted octanol–water partition coefficient (Wildman–Crippen LogP) is 4.44. The highest BCUT2D eigenvalue weighted by Crippen LogP contribution is 2.50. The van der Waals surface area contributed by atoms with Crippen molar-refractivity contribution in [1.82, 2.24) is 5.32 Å². The summed E-state index contributed by atoms with van der Waals surface area (Å²) in [5.74, 6) is 1.80. The van der Waals surface area contributed by atoms with E-state index in [1.165, 1.54) is 24.8 Å². The molecular weight excluding hydrogens is 302 g/mol. The van der Waals surface area contributed by atoms with Crippen molar-refractivity contribution in [3.63, 3.8) is 0 Å². The Kier molecular flexibility index (Phi) is 3.61. The van der Waals surface area contributed by atoms with E-state index in [9.17, 15) is 0 Å². The normalized spacial score (nSPS) is 29.7. The minimum Gasteiger partial charge on any atom is -0.487 e. The number of rotatable bonds is 4. The maximum atomic E-state index is 6.36. The molecule has 0 radical (unpaired) electrons. The Bertz CT molecular complexity index is 472. The fraction of sp³-hybridized carbons (Fsp3) is 0.625. The standard InChI is InChI=1S/C16H22BrNO/c1-3-8-18-14-10-16(2,11-4-5-11)19-15-9-12(17)6-7-13(14)15/h6-7,9,11,14,18H,3-5,8,10H2,1-2H3. The second kappa shape index (κ2) is 5.10. The Labute approximate surface area is 124 Å². The lowest BCUT2D eigenvalue weighted by atomic mass is 9.85. The molecule has 0 amide bonds. The Morgan fingerprint density at radius 3 is 2.89 bits per heavy atom. The van der Waals surface area contributed by atoms with Crippen molar-refractivity contribution in [3.8, 4) is 5.75 Å². The predicted molar refractivity (Wildman–Crippen MR) is 81.6 cm³/mol. The molecule has 2 nitrogen and oxygen atoms in total. The van der Waals surface area contributed by atoms with E-state index in [0.29, 0.717) is 6.04 Å². The first-order chi connectivity index (χ1) is 9.12. The van der Waals surface area contributed by atoms with Gasteiger partial charge in [-0.05, 0) is 50.8 Å². The van der Waals surface area contributed by atoms with Gasteiger partial charge in [0.25, 0.3) is 0 Å². The van der Waals surface area contributed by atoms with Crippen molar-refractivity contribution < 1.29 is 4.74 Å². The lowest BCUT2D eigenvalue weighted by Gasteiger charge is -2.41. The number of hydrogen-bond donors (Lipinski definition) is 1. The maximum Gasteiger partial charge on any atom is 0.126 e. The summed E-state index contributed by atoms with van der Waals surface area (Å²) < 4.78 is 7.46. The third-order valence-corrected chi connectivity index (χ3v) is 4.88. The number of hydrogen-bond acceptors (Lipinski definition) is 2. The largest absolute Gasteiger partial charge is 0.487 e. The summed E-state index contributed by atoms with van der Waals surface area (Å²) >= 11 is 3.55. The monoisotopic (exact) mass is 323 g/mol. The molecule has 0 saturated heterocycles. The number of nitrogens with one attached hydrogen (secondary N) is 1. The lowest BCUT2D eigenvalue weighted by Crippen LogP contribution is -2.43. The summed E-state index contributed by atoms with van der Waals surface area (Å²) in [6.07, 6.45) is 4.90. The number of benzene rings is 1. The average molecular weight is 324 g/mol. The van der Waals surface area contributed by atoms with E-state index in [0.717, 1.165) is 29.1 Å². The summed E-state index contributed by atoms with van der Waals surface area (Å²) in [4.78, 5) is 0. The second-order valence-electron chi connectivity index (χ2n) is 6.08. The molecule has 1 N–H and O–H groups in total. The summed E-state index contributed by atoms with van der Waals surface area (Å²) in [6.45, 7) is 5.57. The van der Waals surface area contributed by atoms with Gasteiger partial charge in [0.15, 0.2) is 0 Å². The summed E-state index contributed by atoms with van der Waals surface area (Å²) in [5, 5.41) is 3.69. The van der Waals surface area contributed by atoms with Crippen LogP contribution in [-0.2, 0) is 0 Å². The molecule has 1 fully saturated rings. The third kappa shape index (κ3) is 2.68. The zero-order chi connectivity index (χ0) is 13.5. The molecule has 1 aromatic rings. The fourth-order valence-electron chi connectivity index (χ4n) is 3.14. The van der Waals surface area contributed by atoms with E-state index in [4.69, 9.17) is 4.74 Å². The van der Waals surface area contributed by atoms with Gasteiger partial charge in [0.05, 0.1) is 0 Å². The van der Waals surface area contributed by atoms with Crippen LogP contribution in [0.3, 0.4) is 0 Å². The van der Waals surface area contributed by atoms with Crippen molar-refractivity contribution in [2.24, 2.45) is 5.92 Å². The molecule has 0 aromatic heterocycles. The molecule has 1 aliphatic carbocycles. The topological polar surface area (TPSA) is 21.3 Å². The SMILES string of the molecule is CCCNC1CC(C)(C2CC2)Oc2cc(Br)ccc21. The molecule has 1 aliphatic heterocycles.